The number of urea groups is 1. The molecule has 1 aliphatic heterocycles. The van der Waals surface area contributed by atoms with E-state index in [1.807, 2.05) is 0 Å². The smallest absolute Gasteiger partial charge is 0.320 e. The molecule has 6 nitrogen and oxygen atoms in total. The number of nitrogens with one attached hydrogen (secondary N) is 2. The Morgan fingerprint density at radius 2 is 2.14 bits per heavy atom. The highest BCUT2D eigenvalue weighted by molar-refractivity contribution is 5.95. The normalized spacial score (nSPS) is 20.8. The summed E-state index contributed by atoms with van der Waals surface area (Å²) in [5.74, 6) is 1.25. The third-order valence-corrected chi connectivity index (χ3v) is 4.94. The lowest BCUT2D eigenvalue weighted by Gasteiger charge is -2.40. The van der Waals surface area contributed by atoms with Crippen molar-refractivity contribution in [2.75, 3.05) is 11.1 Å². The highest BCUT2D eigenvalue weighted by Crippen LogP contribution is 2.44. The molecule has 150 valence electrons. The summed E-state index contributed by atoms with van der Waals surface area (Å²) in [5.41, 5.74) is 3.83. The van der Waals surface area contributed by atoms with Crippen LogP contribution in [0.5, 0.6) is 0 Å². The number of amides is 2. The number of nitrogens with zero attached hydrogens (tertiary/aromatic N) is 2. The van der Waals surface area contributed by atoms with Crippen LogP contribution < -0.4 is 16.4 Å². The minimum atomic E-state index is -3.45. The van der Waals surface area contributed by atoms with E-state index >= 15 is 0 Å². The Balaban J connectivity index is 1.81. The van der Waals surface area contributed by atoms with Crippen LogP contribution in [0, 0.1) is 23.6 Å². The van der Waals surface area contributed by atoms with E-state index in [1.54, 1.807) is 6.07 Å². The molecule has 0 saturated heterocycles. The summed E-state index contributed by atoms with van der Waals surface area (Å²) in [6.07, 6.45) is 3.15. The molecular weight excluding hydrogens is 383 g/mol. The fraction of sp³-hybridized carbons (Fsp3) is 0.350. The molecule has 2 aromatic rings. The monoisotopic (exact) mass is 401 g/mol. The van der Waals surface area contributed by atoms with Crippen molar-refractivity contribution in [1.82, 2.24) is 15.3 Å². The van der Waals surface area contributed by atoms with Gasteiger partial charge >= 0.3 is 6.03 Å². The number of benzene rings is 1. The zero-order valence-electron chi connectivity index (χ0n) is 15.5. The highest BCUT2D eigenvalue weighted by Gasteiger charge is 2.55. The lowest BCUT2D eigenvalue weighted by atomic mass is 9.81. The Hall–Kier alpha value is -3.28. The second-order valence-electron chi connectivity index (χ2n) is 7.33. The van der Waals surface area contributed by atoms with Gasteiger partial charge in [-0.1, -0.05) is 11.8 Å². The van der Waals surface area contributed by atoms with Crippen LogP contribution in [0.2, 0.25) is 0 Å². The van der Waals surface area contributed by atoms with Gasteiger partial charge in [0.05, 0.1) is 5.69 Å². The van der Waals surface area contributed by atoms with E-state index in [1.165, 1.54) is 12.3 Å². The first-order valence-electron chi connectivity index (χ1n) is 9.08. The second-order valence-corrected chi connectivity index (χ2v) is 7.33. The van der Waals surface area contributed by atoms with E-state index in [9.17, 15) is 18.0 Å². The van der Waals surface area contributed by atoms with Gasteiger partial charge in [-0.2, -0.15) is 0 Å². The molecule has 1 aromatic carbocycles. The van der Waals surface area contributed by atoms with Gasteiger partial charge in [0.25, 0.3) is 5.92 Å². The Morgan fingerprint density at radius 3 is 2.79 bits per heavy atom. The van der Waals surface area contributed by atoms with Crippen molar-refractivity contribution >= 4 is 17.7 Å². The number of nitrogens with two attached hydrogens (primary N) is 1. The molecule has 2 aliphatic rings. The number of aromatic nitrogens is 2. The predicted octanol–water partition coefficient (Wildman–Crippen LogP) is 3.19. The molecule has 0 bridgehead atoms. The summed E-state index contributed by atoms with van der Waals surface area (Å²) in [4.78, 5) is 20.0. The summed E-state index contributed by atoms with van der Waals surface area (Å²) in [6.45, 7) is 0.666. The molecule has 1 saturated carbocycles. The number of carbonyl (C=O) groups is 1. The average molecular weight is 401 g/mol. The topological polar surface area (TPSA) is 92.9 Å². The van der Waals surface area contributed by atoms with Crippen molar-refractivity contribution in [1.29, 1.82) is 0 Å². The molecule has 0 unspecified atom stereocenters. The van der Waals surface area contributed by atoms with Crippen LogP contribution in [-0.2, 0) is 12.0 Å². The second kappa shape index (κ2) is 6.65. The number of rotatable bonds is 3. The molecule has 4 N–H and O–H groups in total. The van der Waals surface area contributed by atoms with E-state index in [0.29, 0.717) is 12.6 Å². The summed E-state index contributed by atoms with van der Waals surface area (Å²) < 4.78 is 44.3. The average Bonchev–Trinajstić information content (AvgIpc) is 3.44. The maximum Gasteiger partial charge on any atom is 0.320 e. The molecule has 2 amide bonds. The number of nitrogen functional groups attached to an aromatic ring is 1. The van der Waals surface area contributed by atoms with Crippen molar-refractivity contribution in [3.8, 4) is 11.8 Å². The van der Waals surface area contributed by atoms with Crippen LogP contribution in [-0.4, -0.2) is 21.9 Å². The van der Waals surface area contributed by atoms with Crippen molar-refractivity contribution in [3.63, 3.8) is 0 Å². The van der Waals surface area contributed by atoms with Gasteiger partial charge in [-0.15, -0.1) is 0 Å². The molecule has 1 aromatic heterocycles. The van der Waals surface area contributed by atoms with Crippen molar-refractivity contribution in [3.05, 3.63) is 47.0 Å². The standard InChI is InChI=1S/C20H18F3N5O/c1-19(22,23)20(6-4-11-2-3-11)14-10-15(21)12(9-16(14)27-18(29)28-20)8-13-5-7-25-17(24)26-13/h5,7,9-11H,2-3,8H2,1H3,(H2,24,25,26)(H2,27,28,29)/t20-/m0/s1. The molecule has 0 spiro atoms. The molecule has 1 aliphatic carbocycles. The largest absolute Gasteiger partial charge is 0.368 e. The lowest BCUT2D eigenvalue weighted by Crippen LogP contribution is -2.59. The summed E-state index contributed by atoms with van der Waals surface area (Å²) in [5, 5.41) is 4.72. The first kappa shape index (κ1) is 19.1. The Morgan fingerprint density at radius 1 is 1.38 bits per heavy atom. The molecule has 1 fully saturated rings. The van der Waals surface area contributed by atoms with Crippen LogP contribution in [0.25, 0.3) is 0 Å². The van der Waals surface area contributed by atoms with Gasteiger partial charge in [-0.05, 0) is 36.6 Å². The van der Waals surface area contributed by atoms with Crippen LogP contribution in [0.3, 0.4) is 0 Å². The maximum absolute atomic E-state index is 14.9. The number of halogens is 3. The SMILES string of the molecule is CC(F)(F)[C@@]1(C#CC2CC2)NC(=O)Nc2cc(Cc3ccnc(N)n3)c(F)cc21. The van der Waals surface area contributed by atoms with Crippen LogP contribution in [0.15, 0.2) is 24.4 Å². The van der Waals surface area contributed by atoms with Crippen molar-refractivity contribution < 1.29 is 18.0 Å². The quantitative estimate of drug-likeness (QED) is 0.689. The van der Waals surface area contributed by atoms with Gasteiger partial charge in [-0.3, -0.25) is 0 Å². The minimum absolute atomic E-state index is 0.0248. The van der Waals surface area contributed by atoms with Gasteiger partial charge < -0.3 is 16.4 Å². The molecule has 9 heteroatoms. The van der Waals surface area contributed by atoms with E-state index in [4.69, 9.17) is 5.73 Å². The third-order valence-electron chi connectivity index (χ3n) is 4.94. The summed E-state index contributed by atoms with van der Waals surface area (Å²) in [6, 6.07) is 3.08. The van der Waals surface area contributed by atoms with E-state index in [2.05, 4.69) is 32.4 Å². The van der Waals surface area contributed by atoms with Gasteiger partial charge in [-0.25, -0.2) is 27.9 Å². The first-order valence-corrected chi connectivity index (χ1v) is 9.08. The molecule has 1 atom stereocenters. The fourth-order valence-electron chi connectivity index (χ4n) is 3.26. The number of hydrogen-bond donors (Lipinski definition) is 3. The van der Waals surface area contributed by atoms with E-state index in [-0.39, 0.29) is 35.1 Å². The van der Waals surface area contributed by atoms with Gasteiger partial charge in [0, 0.05) is 36.7 Å². The van der Waals surface area contributed by atoms with Crippen molar-refractivity contribution in [2.45, 2.75) is 37.6 Å². The fourth-order valence-corrected chi connectivity index (χ4v) is 3.26. The number of anilines is 2. The Bertz CT molecular complexity index is 1050. The first-order chi connectivity index (χ1) is 13.7. The zero-order chi connectivity index (χ0) is 20.8. The van der Waals surface area contributed by atoms with E-state index in [0.717, 1.165) is 18.9 Å². The third kappa shape index (κ3) is 3.58. The summed E-state index contributed by atoms with van der Waals surface area (Å²) in [7, 11) is 0. The van der Waals surface area contributed by atoms with E-state index < -0.39 is 23.3 Å². The number of hydrogen-bond acceptors (Lipinski definition) is 4. The van der Waals surface area contributed by atoms with Gasteiger partial charge in [0.1, 0.15) is 5.82 Å². The predicted molar refractivity (Wildman–Crippen MR) is 101 cm³/mol. The Kier molecular flexibility index (Phi) is 4.37. The molecule has 0 radical (unpaired) electrons. The van der Waals surface area contributed by atoms with Crippen LogP contribution in [0.1, 0.15) is 36.6 Å². The molecule has 29 heavy (non-hydrogen) atoms. The minimum Gasteiger partial charge on any atom is -0.368 e. The summed E-state index contributed by atoms with van der Waals surface area (Å²) >= 11 is 0. The van der Waals surface area contributed by atoms with Gasteiger partial charge in [0.2, 0.25) is 5.95 Å². The molecule has 2 heterocycles. The zero-order valence-corrected chi connectivity index (χ0v) is 15.5. The maximum atomic E-state index is 14.9. The van der Waals surface area contributed by atoms with Crippen molar-refractivity contribution in [2.24, 2.45) is 5.92 Å². The molecular formula is C20H18F3N5O. The number of carbonyl (C=O) groups excluding carboxylic acids is 1. The number of fused-ring (bicyclic) bond motifs is 1. The number of alkyl halides is 2. The van der Waals surface area contributed by atoms with Crippen LogP contribution in [0.4, 0.5) is 29.6 Å². The van der Waals surface area contributed by atoms with Gasteiger partial charge in [0.15, 0.2) is 5.54 Å². The molecule has 4 rings (SSSR count). The van der Waals surface area contributed by atoms with Crippen LogP contribution >= 0.6 is 0 Å². The Labute approximate surface area is 165 Å². The lowest BCUT2D eigenvalue weighted by molar-refractivity contribution is -0.0465. The highest BCUT2D eigenvalue weighted by atomic mass is 19.3.